The number of ether oxygens (including phenoxy) is 1. The number of hydrogen-bond acceptors (Lipinski definition) is 6. The molecule has 1 aromatic heterocycles. The van der Waals surface area contributed by atoms with Crippen molar-refractivity contribution in [3.05, 3.63) is 41.1 Å². The number of rotatable bonds is 6. The van der Waals surface area contributed by atoms with E-state index in [-0.39, 0.29) is 6.09 Å². The van der Waals surface area contributed by atoms with E-state index in [2.05, 4.69) is 47.2 Å². The van der Waals surface area contributed by atoms with Crippen LogP contribution < -0.4 is 10.2 Å². The number of para-hydroxylation sites is 1. The van der Waals surface area contributed by atoms with E-state index in [0.717, 1.165) is 30.0 Å². The molecule has 7 heteroatoms. The molecule has 1 saturated heterocycles. The maximum absolute atomic E-state index is 11.9. The Morgan fingerprint density at radius 1 is 1.07 bits per heavy atom. The first-order valence-electron chi connectivity index (χ1n) is 10.5. The summed E-state index contributed by atoms with van der Waals surface area (Å²) in [5, 5.41) is 3.54. The first kappa shape index (κ1) is 20.9. The number of nitrogens with zero attached hydrogens (tertiary/aromatic N) is 4. The molecule has 1 N–H and O–H groups in total. The molecular weight excluding hydrogens is 366 g/mol. The fourth-order valence-corrected chi connectivity index (χ4v) is 3.59. The summed E-state index contributed by atoms with van der Waals surface area (Å²) < 4.78 is 5.10. The molecule has 0 unspecified atom stereocenters. The van der Waals surface area contributed by atoms with Crippen molar-refractivity contribution < 1.29 is 9.53 Å². The van der Waals surface area contributed by atoms with Gasteiger partial charge in [-0.25, -0.2) is 9.78 Å². The molecule has 0 saturated carbocycles. The van der Waals surface area contributed by atoms with Gasteiger partial charge in [-0.1, -0.05) is 32.0 Å². The number of amides is 1. The molecular formula is C22H31N5O2. The van der Waals surface area contributed by atoms with Gasteiger partial charge in [0.15, 0.2) is 0 Å². The third-order valence-corrected chi connectivity index (χ3v) is 5.18. The quantitative estimate of drug-likeness (QED) is 0.796. The normalized spacial score (nSPS) is 14.1. The van der Waals surface area contributed by atoms with E-state index in [0.29, 0.717) is 38.7 Å². The highest BCUT2D eigenvalue weighted by Gasteiger charge is 2.23. The van der Waals surface area contributed by atoms with Crippen LogP contribution in [-0.2, 0) is 17.6 Å². The molecule has 0 bridgehead atoms. The lowest BCUT2D eigenvalue weighted by Gasteiger charge is -2.34. The molecule has 0 spiro atoms. The van der Waals surface area contributed by atoms with Gasteiger partial charge in [0.2, 0.25) is 5.95 Å². The Kier molecular flexibility index (Phi) is 6.90. The standard InChI is InChI=1S/C22H31N5O2/c1-5-17-9-8-10-18(6-2)20(17)24-19-15-16(4)23-21(25-19)26-11-13-27(14-12-26)22(28)29-7-3/h8-10,15H,5-7,11-14H2,1-4H3,(H,23,24,25). The Morgan fingerprint density at radius 2 is 1.72 bits per heavy atom. The summed E-state index contributed by atoms with van der Waals surface area (Å²) in [7, 11) is 0. The van der Waals surface area contributed by atoms with Crippen molar-refractivity contribution in [1.29, 1.82) is 0 Å². The van der Waals surface area contributed by atoms with Gasteiger partial charge in [-0.3, -0.25) is 0 Å². The van der Waals surface area contributed by atoms with Gasteiger partial charge in [-0.15, -0.1) is 0 Å². The summed E-state index contributed by atoms with van der Waals surface area (Å²) in [5.74, 6) is 1.50. The van der Waals surface area contributed by atoms with Crippen LogP contribution in [0.5, 0.6) is 0 Å². The van der Waals surface area contributed by atoms with E-state index in [1.54, 1.807) is 4.90 Å². The van der Waals surface area contributed by atoms with E-state index in [4.69, 9.17) is 9.72 Å². The van der Waals surface area contributed by atoms with Gasteiger partial charge in [-0.2, -0.15) is 4.98 Å². The summed E-state index contributed by atoms with van der Waals surface area (Å²) in [6.45, 7) is 11.1. The molecule has 156 valence electrons. The molecule has 1 amide bonds. The highest BCUT2D eigenvalue weighted by Crippen LogP contribution is 2.27. The molecule has 1 aromatic carbocycles. The summed E-state index contributed by atoms with van der Waals surface area (Å²) in [4.78, 5) is 25.2. The molecule has 0 radical (unpaired) electrons. The van der Waals surface area contributed by atoms with E-state index < -0.39 is 0 Å². The maximum atomic E-state index is 11.9. The lowest BCUT2D eigenvalue weighted by molar-refractivity contribution is 0.105. The minimum atomic E-state index is -0.247. The van der Waals surface area contributed by atoms with Gasteiger partial charge < -0.3 is 19.9 Å². The van der Waals surface area contributed by atoms with Crippen molar-refractivity contribution in [3.63, 3.8) is 0 Å². The van der Waals surface area contributed by atoms with E-state index >= 15 is 0 Å². The highest BCUT2D eigenvalue weighted by atomic mass is 16.6. The SMILES string of the molecule is CCOC(=O)N1CCN(c2nc(C)cc(Nc3c(CC)cccc3CC)n2)CC1. The predicted molar refractivity (Wildman–Crippen MR) is 116 cm³/mol. The zero-order valence-corrected chi connectivity index (χ0v) is 17.9. The maximum Gasteiger partial charge on any atom is 0.409 e. The van der Waals surface area contributed by atoms with Crippen LogP contribution in [0.3, 0.4) is 0 Å². The van der Waals surface area contributed by atoms with Gasteiger partial charge in [-0.05, 0) is 37.8 Å². The van der Waals surface area contributed by atoms with Crippen molar-refractivity contribution in [2.75, 3.05) is 43.0 Å². The Balaban J connectivity index is 1.77. The number of piperazine rings is 1. The van der Waals surface area contributed by atoms with Crippen molar-refractivity contribution in [3.8, 4) is 0 Å². The summed E-state index contributed by atoms with van der Waals surface area (Å²) in [5.41, 5.74) is 4.63. The fraction of sp³-hybridized carbons (Fsp3) is 0.500. The molecule has 0 aliphatic carbocycles. The zero-order chi connectivity index (χ0) is 20.8. The average molecular weight is 398 g/mol. The predicted octanol–water partition coefficient (Wildman–Crippen LogP) is 3.93. The topological polar surface area (TPSA) is 70.6 Å². The third kappa shape index (κ3) is 4.96. The second-order valence-corrected chi connectivity index (χ2v) is 7.15. The minimum absolute atomic E-state index is 0.247. The first-order valence-corrected chi connectivity index (χ1v) is 10.5. The van der Waals surface area contributed by atoms with Crippen LogP contribution in [0, 0.1) is 6.92 Å². The summed E-state index contributed by atoms with van der Waals surface area (Å²) in [6.07, 6.45) is 1.68. The Bertz CT molecular complexity index is 825. The van der Waals surface area contributed by atoms with Crippen LogP contribution in [0.4, 0.5) is 22.2 Å². The number of hydrogen-bond donors (Lipinski definition) is 1. The number of aromatic nitrogens is 2. The molecule has 7 nitrogen and oxygen atoms in total. The van der Waals surface area contributed by atoms with Crippen LogP contribution >= 0.6 is 0 Å². The largest absolute Gasteiger partial charge is 0.450 e. The molecule has 3 rings (SSSR count). The zero-order valence-electron chi connectivity index (χ0n) is 17.9. The third-order valence-electron chi connectivity index (χ3n) is 5.18. The van der Waals surface area contributed by atoms with Crippen LogP contribution in [0.25, 0.3) is 0 Å². The second-order valence-electron chi connectivity index (χ2n) is 7.15. The van der Waals surface area contributed by atoms with Crippen molar-refractivity contribution in [2.45, 2.75) is 40.5 Å². The molecule has 2 aromatic rings. The van der Waals surface area contributed by atoms with Crippen molar-refractivity contribution in [1.82, 2.24) is 14.9 Å². The Hall–Kier alpha value is -2.83. The molecule has 2 heterocycles. The average Bonchev–Trinajstić information content (AvgIpc) is 2.73. The van der Waals surface area contributed by atoms with Gasteiger partial charge in [0.25, 0.3) is 0 Å². The number of carbonyl (C=O) groups excluding carboxylic acids is 1. The Morgan fingerprint density at radius 3 is 2.31 bits per heavy atom. The van der Waals surface area contributed by atoms with E-state index in [1.807, 2.05) is 19.9 Å². The van der Waals surface area contributed by atoms with Crippen molar-refractivity contribution in [2.24, 2.45) is 0 Å². The molecule has 1 fully saturated rings. The number of carbonyl (C=O) groups is 1. The monoisotopic (exact) mass is 397 g/mol. The molecule has 1 aliphatic heterocycles. The summed E-state index contributed by atoms with van der Waals surface area (Å²) in [6, 6.07) is 8.41. The van der Waals surface area contributed by atoms with Gasteiger partial charge in [0.05, 0.1) is 6.61 Å². The summed E-state index contributed by atoms with van der Waals surface area (Å²) >= 11 is 0. The van der Waals surface area contributed by atoms with E-state index in [9.17, 15) is 4.79 Å². The van der Waals surface area contributed by atoms with Crippen LogP contribution in [0.2, 0.25) is 0 Å². The van der Waals surface area contributed by atoms with Gasteiger partial charge in [0, 0.05) is 43.6 Å². The van der Waals surface area contributed by atoms with Crippen molar-refractivity contribution >= 4 is 23.5 Å². The molecule has 29 heavy (non-hydrogen) atoms. The van der Waals surface area contributed by atoms with Gasteiger partial charge in [0.1, 0.15) is 5.82 Å². The highest BCUT2D eigenvalue weighted by molar-refractivity contribution is 5.68. The Labute approximate surface area is 173 Å². The molecule has 0 atom stereocenters. The van der Waals surface area contributed by atoms with Crippen LogP contribution in [0.1, 0.15) is 37.6 Å². The van der Waals surface area contributed by atoms with Crippen LogP contribution in [0.15, 0.2) is 24.3 Å². The van der Waals surface area contributed by atoms with E-state index in [1.165, 1.54) is 11.1 Å². The van der Waals surface area contributed by atoms with Crippen LogP contribution in [-0.4, -0.2) is 53.7 Å². The minimum Gasteiger partial charge on any atom is -0.450 e. The number of benzene rings is 1. The smallest absolute Gasteiger partial charge is 0.409 e. The fourth-order valence-electron chi connectivity index (χ4n) is 3.59. The number of aryl methyl sites for hydroxylation is 3. The lowest BCUT2D eigenvalue weighted by atomic mass is 10.0. The first-order chi connectivity index (χ1) is 14.0. The lowest BCUT2D eigenvalue weighted by Crippen LogP contribution is -2.49. The second kappa shape index (κ2) is 9.58. The van der Waals surface area contributed by atoms with Gasteiger partial charge >= 0.3 is 6.09 Å². The number of nitrogens with one attached hydrogen (secondary N) is 1. The number of anilines is 3. The molecule has 1 aliphatic rings.